The van der Waals surface area contributed by atoms with Crippen LogP contribution in [0.2, 0.25) is 0 Å². The van der Waals surface area contributed by atoms with Crippen LogP contribution in [0.5, 0.6) is 0 Å². The number of benzene rings is 1. The van der Waals surface area contributed by atoms with Gasteiger partial charge in [-0.2, -0.15) is 8.78 Å². The highest BCUT2D eigenvalue weighted by Gasteiger charge is 2.26. The number of piperazine rings is 1. The lowest BCUT2D eigenvalue weighted by Gasteiger charge is -2.36. The highest BCUT2D eigenvalue weighted by Crippen LogP contribution is 2.19. The van der Waals surface area contributed by atoms with Gasteiger partial charge in [0, 0.05) is 45.8 Å². The Morgan fingerprint density at radius 1 is 0.893 bits per heavy atom. The van der Waals surface area contributed by atoms with Gasteiger partial charge in [-0.05, 0) is 37.0 Å². The molecule has 6 nitrogen and oxygen atoms in total. The van der Waals surface area contributed by atoms with Crippen molar-refractivity contribution in [2.24, 2.45) is 0 Å². The van der Waals surface area contributed by atoms with Crippen LogP contribution in [0.1, 0.15) is 24.8 Å². The van der Waals surface area contributed by atoms with E-state index in [-0.39, 0.29) is 10.8 Å². The van der Waals surface area contributed by atoms with Crippen LogP contribution in [0, 0.1) is 0 Å². The summed E-state index contributed by atoms with van der Waals surface area (Å²) >= 11 is 0. The third-order valence-corrected chi connectivity index (χ3v) is 6.82. The molecule has 2 saturated heterocycles. The molecule has 156 valence electrons. The molecule has 0 aromatic heterocycles. The summed E-state index contributed by atoms with van der Waals surface area (Å²) in [5, 5.41) is 0. The molecule has 0 spiro atoms. The van der Waals surface area contributed by atoms with E-state index >= 15 is 0 Å². The Labute approximate surface area is 165 Å². The maximum Gasteiger partial charge on any atom is 0.341 e. The first kappa shape index (κ1) is 21.1. The number of nitrogens with zero attached hydrogens (tertiary/aromatic N) is 3. The monoisotopic (exact) mass is 415 g/mol. The zero-order valence-corrected chi connectivity index (χ0v) is 16.7. The van der Waals surface area contributed by atoms with Crippen molar-refractivity contribution in [2.45, 2.75) is 36.5 Å². The van der Waals surface area contributed by atoms with E-state index in [0.717, 1.165) is 57.7 Å². The molecular weight excluding hydrogens is 388 g/mol. The third-order valence-electron chi connectivity index (χ3n) is 5.43. The van der Waals surface area contributed by atoms with E-state index in [1.54, 1.807) is 12.1 Å². The molecule has 9 heteroatoms. The summed E-state index contributed by atoms with van der Waals surface area (Å²) in [7, 11) is -4.54. The SMILES string of the molecule is O=C(CN1CCN(Cc2ccc(S(=O)(=O)C(F)F)cc2)CC1)N1CCCCC1. The molecule has 0 aliphatic carbocycles. The van der Waals surface area contributed by atoms with Crippen molar-refractivity contribution >= 4 is 15.7 Å². The van der Waals surface area contributed by atoms with E-state index < -0.39 is 15.6 Å². The smallest absolute Gasteiger partial charge is 0.341 e. The molecule has 2 fully saturated rings. The van der Waals surface area contributed by atoms with Crippen molar-refractivity contribution in [3.05, 3.63) is 29.8 Å². The Kier molecular flexibility index (Phi) is 7.00. The lowest BCUT2D eigenvalue weighted by Crippen LogP contribution is -2.50. The topological polar surface area (TPSA) is 60.9 Å². The van der Waals surface area contributed by atoms with Crippen LogP contribution in [0.25, 0.3) is 0 Å². The maximum absolute atomic E-state index is 12.6. The standard InChI is InChI=1S/C19H27F2N3O3S/c20-19(21)28(26,27)17-6-4-16(5-7-17)14-22-10-12-23(13-11-22)15-18(25)24-8-2-1-3-9-24/h4-7,19H,1-3,8-15H2. The van der Waals surface area contributed by atoms with Crippen LogP contribution >= 0.6 is 0 Å². The minimum absolute atomic E-state index is 0.212. The molecule has 1 amide bonds. The molecule has 1 aromatic carbocycles. The number of amides is 1. The maximum atomic E-state index is 12.6. The fraction of sp³-hybridized carbons (Fsp3) is 0.632. The lowest BCUT2D eigenvalue weighted by atomic mass is 10.1. The Morgan fingerprint density at radius 2 is 1.46 bits per heavy atom. The number of carbonyl (C=O) groups excluding carboxylic acids is 1. The summed E-state index contributed by atoms with van der Waals surface area (Å²) in [6, 6.07) is 5.65. The predicted octanol–water partition coefficient (Wildman–Crippen LogP) is 1.81. The molecule has 0 unspecified atom stereocenters. The number of sulfone groups is 1. The predicted molar refractivity (Wildman–Crippen MR) is 102 cm³/mol. The van der Waals surface area contributed by atoms with Gasteiger partial charge in [0.25, 0.3) is 0 Å². The van der Waals surface area contributed by atoms with Crippen LogP contribution in [0.3, 0.4) is 0 Å². The van der Waals surface area contributed by atoms with E-state index in [2.05, 4.69) is 9.80 Å². The normalized spacial score (nSPS) is 19.9. The van der Waals surface area contributed by atoms with Crippen LogP contribution in [-0.2, 0) is 21.2 Å². The van der Waals surface area contributed by atoms with Gasteiger partial charge in [0.05, 0.1) is 11.4 Å². The molecule has 0 N–H and O–H groups in total. The van der Waals surface area contributed by atoms with Gasteiger partial charge in [0.2, 0.25) is 15.7 Å². The number of halogens is 2. The zero-order chi connectivity index (χ0) is 20.1. The van der Waals surface area contributed by atoms with E-state index in [0.29, 0.717) is 13.1 Å². The van der Waals surface area contributed by atoms with Crippen molar-refractivity contribution in [2.75, 3.05) is 45.8 Å². The highest BCUT2D eigenvalue weighted by molar-refractivity contribution is 7.91. The van der Waals surface area contributed by atoms with Crippen LogP contribution in [0.4, 0.5) is 8.78 Å². The Balaban J connectivity index is 1.46. The fourth-order valence-electron chi connectivity index (χ4n) is 3.69. The number of carbonyl (C=O) groups is 1. The molecule has 2 heterocycles. The number of likely N-dealkylation sites (tertiary alicyclic amines) is 1. The number of rotatable bonds is 6. The fourth-order valence-corrected chi connectivity index (χ4v) is 4.41. The molecule has 1 aromatic rings. The second-order valence-electron chi connectivity index (χ2n) is 7.44. The first-order chi connectivity index (χ1) is 13.4. The van der Waals surface area contributed by atoms with Gasteiger partial charge in [-0.25, -0.2) is 8.42 Å². The molecule has 0 radical (unpaired) electrons. The molecule has 28 heavy (non-hydrogen) atoms. The number of alkyl halides is 2. The van der Waals surface area contributed by atoms with Crippen LogP contribution in [-0.4, -0.2) is 80.6 Å². The van der Waals surface area contributed by atoms with E-state index in [1.807, 2.05) is 4.90 Å². The quantitative estimate of drug-likeness (QED) is 0.709. The molecular formula is C19H27F2N3O3S. The Bertz CT molecular complexity index is 757. The molecule has 0 atom stereocenters. The minimum atomic E-state index is -4.54. The molecule has 0 bridgehead atoms. The van der Waals surface area contributed by atoms with Crippen LogP contribution < -0.4 is 0 Å². The molecule has 2 aliphatic rings. The third kappa shape index (κ3) is 5.27. The molecule has 0 saturated carbocycles. The summed E-state index contributed by atoms with van der Waals surface area (Å²) in [6.07, 6.45) is 3.39. The second kappa shape index (κ2) is 9.28. The van der Waals surface area contributed by atoms with E-state index in [1.165, 1.54) is 18.6 Å². The van der Waals surface area contributed by atoms with Crippen molar-refractivity contribution in [1.29, 1.82) is 0 Å². The molecule has 2 aliphatic heterocycles. The summed E-state index contributed by atoms with van der Waals surface area (Å²) in [4.78, 5) is 18.4. The Morgan fingerprint density at radius 3 is 2.04 bits per heavy atom. The number of piperidine rings is 1. The van der Waals surface area contributed by atoms with Crippen LogP contribution in [0.15, 0.2) is 29.2 Å². The summed E-state index contributed by atoms with van der Waals surface area (Å²) in [6.45, 7) is 6.06. The van der Waals surface area contributed by atoms with Gasteiger partial charge in [-0.1, -0.05) is 12.1 Å². The molecule has 3 rings (SSSR count). The summed E-state index contributed by atoms with van der Waals surface area (Å²) < 4.78 is 48.1. The summed E-state index contributed by atoms with van der Waals surface area (Å²) in [5.74, 6) is -3.19. The van der Waals surface area contributed by atoms with Gasteiger partial charge < -0.3 is 4.90 Å². The van der Waals surface area contributed by atoms with Gasteiger partial charge >= 0.3 is 5.76 Å². The van der Waals surface area contributed by atoms with Crippen molar-refractivity contribution < 1.29 is 22.0 Å². The van der Waals surface area contributed by atoms with Gasteiger partial charge in [-0.15, -0.1) is 0 Å². The highest BCUT2D eigenvalue weighted by atomic mass is 32.2. The average Bonchev–Trinajstić information content (AvgIpc) is 2.70. The van der Waals surface area contributed by atoms with Gasteiger partial charge in [-0.3, -0.25) is 14.6 Å². The van der Waals surface area contributed by atoms with Crippen molar-refractivity contribution in [1.82, 2.24) is 14.7 Å². The largest absolute Gasteiger partial charge is 0.342 e. The first-order valence-electron chi connectivity index (χ1n) is 9.70. The van der Waals surface area contributed by atoms with Crippen molar-refractivity contribution in [3.63, 3.8) is 0 Å². The zero-order valence-electron chi connectivity index (χ0n) is 15.9. The average molecular weight is 416 g/mol. The minimum Gasteiger partial charge on any atom is -0.342 e. The second-order valence-corrected chi connectivity index (χ2v) is 9.36. The Hall–Kier alpha value is -1.58. The lowest BCUT2D eigenvalue weighted by molar-refractivity contribution is -0.133. The van der Waals surface area contributed by atoms with E-state index in [4.69, 9.17) is 0 Å². The summed E-state index contributed by atoms with van der Waals surface area (Å²) in [5.41, 5.74) is 0.881. The number of hydrogen-bond acceptors (Lipinski definition) is 5. The van der Waals surface area contributed by atoms with E-state index in [9.17, 15) is 22.0 Å². The van der Waals surface area contributed by atoms with Gasteiger partial charge in [0.1, 0.15) is 0 Å². The number of hydrogen-bond donors (Lipinski definition) is 0. The van der Waals surface area contributed by atoms with Gasteiger partial charge in [0.15, 0.2) is 0 Å². The van der Waals surface area contributed by atoms with Crippen molar-refractivity contribution in [3.8, 4) is 0 Å². The first-order valence-corrected chi connectivity index (χ1v) is 11.2.